The number of methoxy groups -OCH3 is 1. The summed E-state index contributed by atoms with van der Waals surface area (Å²) in [5.41, 5.74) is 9.06. The van der Waals surface area contributed by atoms with Crippen LogP contribution < -0.4 is 10.5 Å². The Hall–Kier alpha value is -4.39. The molecule has 7 heteroatoms. The number of amidine groups is 1. The van der Waals surface area contributed by atoms with Crippen molar-refractivity contribution in [3.8, 4) is 11.5 Å². The number of ether oxygens (including phenoxy) is 2. The molecule has 0 bridgehead atoms. The van der Waals surface area contributed by atoms with Crippen molar-refractivity contribution in [1.29, 1.82) is 0 Å². The number of carbonyl (C=O) groups is 1. The smallest absolute Gasteiger partial charge is 0.342 e. The van der Waals surface area contributed by atoms with Gasteiger partial charge < -0.3 is 20.2 Å². The van der Waals surface area contributed by atoms with Crippen LogP contribution in [0.1, 0.15) is 22.9 Å². The molecule has 0 saturated carbocycles. The molecule has 0 radical (unpaired) electrons. The van der Waals surface area contributed by atoms with Crippen LogP contribution in [0.25, 0.3) is 10.9 Å². The van der Waals surface area contributed by atoms with E-state index in [1.807, 2.05) is 48.5 Å². The number of H-pyrrole nitrogens is 1. The van der Waals surface area contributed by atoms with Crippen LogP contribution in [0.15, 0.2) is 89.0 Å². The Morgan fingerprint density at radius 2 is 1.94 bits per heavy atom. The van der Waals surface area contributed by atoms with Gasteiger partial charge in [0.25, 0.3) is 0 Å². The summed E-state index contributed by atoms with van der Waals surface area (Å²) in [6.45, 7) is 0.526. The molecule has 0 saturated heterocycles. The van der Waals surface area contributed by atoms with E-state index < -0.39 is 5.97 Å². The fourth-order valence-electron chi connectivity index (χ4n) is 3.26. The number of aromatic amines is 1. The summed E-state index contributed by atoms with van der Waals surface area (Å²) in [4.78, 5) is 24.0. The SMILES string of the molecule is COC(=O)c1c(Oc2cccc(C(N)=NC=NCc3ccccc3)c2)ccc2[nH]ccc12.[HH]. The van der Waals surface area contributed by atoms with Gasteiger partial charge in [0.1, 0.15) is 29.2 Å². The summed E-state index contributed by atoms with van der Waals surface area (Å²) in [6.07, 6.45) is 3.21. The van der Waals surface area contributed by atoms with E-state index in [1.165, 1.54) is 13.4 Å². The third-order valence-corrected chi connectivity index (χ3v) is 4.84. The van der Waals surface area contributed by atoms with Crippen LogP contribution in [-0.2, 0) is 11.3 Å². The minimum absolute atomic E-state index is 0. The monoisotopic (exact) mass is 428 g/mol. The van der Waals surface area contributed by atoms with Crippen molar-refractivity contribution in [1.82, 2.24) is 4.98 Å². The van der Waals surface area contributed by atoms with E-state index in [0.29, 0.717) is 35.0 Å². The molecule has 7 nitrogen and oxygen atoms in total. The Morgan fingerprint density at radius 1 is 1.09 bits per heavy atom. The lowest BCUT2D eigenvalue weighted by atomic mass is 10.1. The number of nitrogens with two attached hydrogens (primary N) is 1. The molecule has 162 valence electrons. The van der Waals surface area contributed by atoms with Crippen LogP contribution >= 0.6 is 0 Å². The van der Waals surface area contributed by atoms with Crippen molar-refractivity contribution in [3.63, 3.8) is 0 Å². The number of nitrogens with zero attached hydrogens (tertiary/aromatic N) is 2. The summed E-state index contributed by atoms with van der Waals surface area (Å²) in [5.74, 6) is 0.738. The van der Waals surface area contributed by atoms with E-state index in [2.05, 4.69) is 15.0 Å². The second kappa shape index (κ2) is 9.61. The van der Waals surface area contributed by atoms with Crippen molar-refractivity contribution in [2.24, 2.45) is 15.7 Å². The van der Waals surface area contributed by atoms with Gasteiger partial charge in [0, 0.05) is 24.1 Å². The third kappa shape index (κ3) is 4.67. The predicted octanol–water partition coefficient (Wildman–Crippen LogP) is 4.93. The lowest BCUT2D eigenvalue weighted by Gasteiger charge is -2.12. The molecular formula is C25H24N4O3. The number of hydrogen-bond acceptors (Lipinski definition) is 4. The van der Waals surface area contributed by atoms with Gasteiger partial charge in [0.2, 0.25) is 0 Å². The van der Waals surface area contributed by atoms with Crippen LogP contribution in [0.4, 0.5) is 0 Å². The highest BCUT2D eigenvalue weighted by atomic mass is 16.5. The second-order valence-electron chi connectivity index (χ2n) is 6.96. The first kappa shape index (κ1) is 20.9. The van der Waals surface area contributed by atoms with Gasteiger partial charge in [-0.05, 0) is 35.9 Å². The van der Waals surface area contributed by atoms with Crippen molar-refractivity contribution in [2.45, 2.75) is 6.54 Å². The number of nitrogens with one attached hydrogen (secondary N) is 1. The van der Waals surface area contributed by atoms with Crippen LogP contribution in [0, 0.1) is 0 Å². The van der Waals surface area contributed by atoms with E-state index in [1.54, 1.807) is 30.5 Å². The van der Waals surface area contributed by atoms with E-state index in [-0.39, 0.29) is 1.43 Å². The normalized spacial score (nSPS) is 11.7. The average molecular weight is 428 g/mol. The summed E-state index contributed by atoms with van der Waals surface area (Å²) in [5, 5.41) is 0.723. The maximum Gasteiger partial charge on any atom is 0.342 e. The molecule has 32 heavy (non-hydrogen) atoms. The first-order valence-electron chi connectivity index (χ1n) is 9.98. The fourth-order valence-corrected chi connectivity index (χ4v) is 3.26. The molecule has 0 amide bonds. The van der Waals surface area contributed by atoms with E-state index >= 15 is 0 Å². The van der Waals surface area contributed by atoms with Gasteiger partial charge >= 0.3 is 5.97 Å². The Morgan fingerprint density at radius 3 is 2.75 bits per heavy atom. The van der Waals surface area contributed by atoms with Gasteiger partial charge in [0.15, 0.2) is 0 Å². The molecule has 0 unspecified atom stereocenters. The summed E-state index contributed by atoms with van der Waals surface area (Å²) in [7, 11) is 1.34. The summed E-state index contributed by atoms with van der Waals surface area (Å²) < 4.78 is 11.0. The zero-order valence-corrected chi connectivity index (χ0v) is 17.5. The summed E-state index contributed by atoms with van der Waals surface area (Å²) in [6, 6.07) is 22.4. The van der Waals surface area contributed by atoms with Gasteiger partial charge in [-0.1, -0.05) is 42.5 Å². The molecule has 4 aromatic rings. The van der Waals surface area contributed by atoms with Crippen LogP contribution in [0.3, 0.4) is 0 Å². The van der Waals surface area contributed by atoms with Crippen molar-refractivity contribution < 1.29 is 15.7 Å². The van der Waals surface area contributed by atoms with E-state index in [4.69, 9.17) is 15.2 Å². The minimum atomic E-state index is -0.475. The quantitative estimate of drug-likeness (QED) is 0.248. The fraction of sp³-hybridized carbons (Fsp3) is 0.0800. The van der Waals surface area contributed by atoms with Gasteiger partial charge in [-0.25, -0.2) is 9.79 Å². The zero-order valence-electron chi connectivity index (χ0n) is 17.5. The van der Waals surface area contributed by atoms with Crippen molar-refractivity contribution in [3.05, 3.63) is 95.7 Å². The molecule has 1 aromatic heterocycles. The zero-order chi connectivity index (χ0) is 22.3. The van der Waals surface area contributed by atoms with Crippen LogP contribution in [0.2, 0.25) is 0 Å². The number of fused-ring (bicyclic) bond motifs is 1. The Balaban J connectivity index is 0.00000306. The highest BCUT2D eigenvalue weighted by Gasteiger charge is 2.18. The van der Waals surface area contributed by atoms with Gasteiger partial charge in [-0.15, -0.1) is 0 Å². The topological polar surface area (TPSA) is 102 Å². The van der Waals surface area contributed by atoms with E-state index in [9.17, 15) is 4.79 Å². The van der Waals surface area contributed by atoms with Crippen molar-refractivity contribution in [2.75, 3.05) is 7.11 Å². The summed E-state index contributed by atoms with van der Waals surface area (Å²) >= 11 is 0. The minimum Gasteiger partial charge on any atom is -0.465 e. The molecule has 0 fully saturated rings. The van der Waals surface area contributed by atoms with E-state index in [0.717, 1.165) is 16.5 Å². The first-order valence-corrected chi connectivity index (χ1v) is 9.98. The third-order valence-electron chi connectivity index (χ3n) is 4.84. The van der Waals surface area contributed by atoms with Gasteiger partial charge in [-0.2, -0.15) is 0 Å². The number of carbonyl (C=O) groups excluding carboxylic acids is 1. The van der Waals surface area contributed by atoms with Crippen LogP contribution in [-0.4, -0.2) is 30.2 Å². The maximum atomic E-state index is 12.4. The van der Waals surface area contributed by atoms with Gasteiger partial charge in [-0.3, -0.25) is 4.99 Å². The standard InChI is InChI=1S/C25H22N4O3.H2/c1-31-25(30)23-20-12-13-28-21(20)10-11-22(23)32-19-9-5-8-18(14-19)24(26)29-16-27-15-17-6-3-2-4-7-17;/h2-14,16,28H,15H2,1H3,(H2,26,27,29);1H. The largest absolute Gasteiger partial charge is 0.465 e. The number of aromatic nitrogens is 1. The molecular weight excluding hydrogens is 404 g/mol. The molecule has 0 aliphatic heterocycles. The molecule has 0 spiro atoms. The van der Waals surface area contributed by atoms with Crippen LogP contribution in [0.5, 0.6) is 11.5 Å². The first-order chi connectivity index (χ1) is 15.7. The second-order valence-corrected chi connectivity index (χ2v) is 6.96. The predicted molar refractivity (Wildman–Crippen MR) is 128 cm³/mol. The number of hydrogen-bond donors (Lipinski definition) is 2. The highest BCUT2D eigenvalue weighted by molar-refractivity contribution is 6.06. The van der Waals surface area contributed by atoms with Gasteiger partial charge in [0.05, 0.1) is 13.7 Å². The molecule has 1 heterocycles. The van der Waals surface area contributed by atoms with Crippen molar-refractivity contribution >= 4 is 29.0 Å². The molecule has 4 rings (SSSR count). The Labute approximate surface area is 186 Å². The lowest BCUT2D eigenvalue weighted by Crippen LogP contribution is -2.13. The average Bonchev–Trinajstić information content (AvgIpc) is 3.31. The lowest BCUT2D eigenvalue weighted by molar-refractivity contribution is 0.0600. The number of benzene rings is 3. The molecule has 0 atom stereocenters. The number of aliphatic imine (C=N–C) groups is 2. The number of rotatable bonds is 7. The Bertz CT molecular complexity index is 1300. The maximum absolute atomic E-state index is 12.4. The highest BCUT2D eigenvalue weighted by Crippen LogP contribution is 2.32. The molecule has 0 aliphatic carbocycles. The molecule has 3 aromatic carbocycles. The number of esters is 1. The molecule has 3 N–H and O–H groups in total. The molecule has 0 aliphatic rings. The Kier molecular flexibility index (Phi) is 6.27.